The van der Waals surface area contributed by atoms with Crippen LogP contribution in [0.4, 0.5) is 0 Å². The highest BCUT2D eigenvalue weighted by molar-refractivity contribution is 5.95. The van der Waals surface area contributed by atoms with Crippen molar-refractivity contribution in [3.8, 4) is 5.75 Å². The third kappa shape index (κ3) is 7.00. The van der Waals surface area contributed by atoms with Gasteiger partial charge in [0, 0.05) is 25.1 Å². The fourth-order valence-corrected chi connectivity index (χ4v) is 4.85. The van der Waals surface area contributed by atoms with E-state index in [1.54, 1.807) is 0 Å². The van der Waals surface area contributed by atoms with E-state index in [4.69, 9.17) is 9.72 Å². The quantitative estimate of drug-likeness (QED) is 0.203. The van der Waals surface area contributed by atoms with E-state index in [0.29, 0.717) is 6.54 Å². The van der Waals surface area contributed by atoms with Crippen molar-refractivity contribution in [1.82, 2.24) is 14.9 Å². The molecule has 0 aliphatic carbocycles. The molecular formula is C32H39N3O2. The van der Waals surface area contributed by atoms with Gasteiger partial charge in [0.25, 0.3) is 5.91 Å². The Bertz CT molecular complexity index is 1300. The van der Waals surface area contributed by atoms with Gasteiger partial charge in [-0.25, -0.2) is 4.98 Å². The molecule has 0 radical (unpaired) electrons. The second kappa shape index (κ2) is 13.1. The van der Waals surface area contributed by atoms with Crippen LogP contribution in [0.3, 0.4) is 0 Å². The van der Waals surface area contributed by atoms with Crippen molar-refractivity contribution in [1.29, 1.82) is 0 Å². The zero-order chi connectivity index (χ0) is 26.0. The monoisotopic (exact) mass is 497 g/mol. The molecule has 1 heterocycles. The van der Waals surface area contributed by atoms with Gasteiger partial charge >= 0.3 is 0 Å². The zero-order valence-corrected chi connectivity index (χ0v) is 22.4. The Kier molecular flexibility index (Phi) is 9.36. The summed E-state index contributed by atoms with van der Waals surface area (Å²) in [5, 5.41) is 3.06. The molecule has 37 heavy (non-hydrogen) atoms. The summed E-state index contributed by atoms with van der Waals surface area (Å²) < 4.78 is 8.49. The number of ether oxygens (including phenoxy) is 1. The minimum absolute atomic E-state index is 0.0152. The molecule has 1 N–H and O–H groups in total. The topological polar surface area (TPSA) is 56.2 Å². The van der Waals surface area contributed by atoms with Gasteiger partial charge in [-0.2, -0.15) is 0 Å². The summed E-state index contributed by atoms with van der Waals surface area (Å²) >= 11 is 0. The molecule has 0 aliphatic heterocycles. The fourth-order valence-electron chi connectivity index (χ4n) is 4.85. The van der Waals surface area contributed by atoms with Gasteiger partial charge < -0.3 is 14.6 Å². The first kappa shape index (κ1) is 26.5. The lowest BCUT2D eigenvalue weighted by molar-refractivity contribution is 0.0952. The van der Waals surface area contributed by atoms with E-state index in [1.165, 1.54) is 16.6 Å². The summed E-state index contributed by atoms with van der Waals surface area (Å²) in [5.74, 6) is 2.19. The number of hydrogen-bond donors (Lipinski definition) is 1. The van der Waals surface area contributed by atoms with Crippen molar-refractivity contribution in [2.45, 2.75) is 65.8 Å². The Hall–Kier alpha value is -3.60. The van der Waals surface area contributed by atoms with Crippen molar-refractivity contribution in [2.75, 3.05) is 13.2 Å². The van der Waals surface area contributed by atoms with Crippen LogP contribution < -0.4 is 10.1 Å². The number of amides is 1. The number of nitrogens with zero attached hydrogens (tertiary/aromatic N) is 2. The molecule has 0 spiro atoms. The number of unbranched alkanes of at least 4 members (excludes halogenated alkanes) is 3. The van der Waals surface area contributed by atoms with Crippen molar-refractivity contribution in [3.63, 3.8) is 0 Å². The molecule has 4 aromatic rings. The second-order valence-corrected chi connectivity index (χ2v) is 9.83. The molecular weight excluding hydrogens is 458 g/mol. The van der Waals surface area contributed by atoms with Crippen LogP contribution in [0.15, 0.2) is 66.7 Å². The number of fused-ring (bicyclic) bond motifs is 1. The van der Waals surface area contributed by atoms with E-state index < -0.39 is 0 Å². The van der Waals surface area contributed by atoms with Crippen molar-refractivity contribution < 1.29 is 9.53 Å². The van der Waals surface area contributed by atoms with Crippen molar-refractivity contribution >= 4 is 16.9 Å². The van der Waals surface area contributed by atoms with Crippen LogP contribution in [0.2, 0.25) is 0 Å². The lowest BCUT2D eigenvalue weighted by Gasteiger charge is -2.13. The molecule has 0 aliphatic rings. The molecule has 3 aromatic carbocycles. The second-order valence-electron chi connectivity index (χ2n) is 9.83. The number of aryl methyl sites for hydroxylation is 5. The van der Waals surface area contributed by atoms with Crippen LogP contribution in [0.1, 0.15) is 65.0 Å². The van der Waals surface area contributed by atoms with Crippen molar-refractivity contribution in [3.05, 3.63) is 94.8 Å². The Morgan fingerprint density at radius 1 is 0.811 bits per heavy atom. The summed E-state index contributed by atoms with van der Waals surface area (Å²) in [6.45, 7) is 8.54. The first-order valence-electron chi connectivity index (χ1n) is 13.5. The molecule has 0 fully saturated rings. The van der Waals surface area contributed by atoms with Gasteiger partial charge in [-0.05, 0) is 81.3 Å². The average Bonchev–Trinajstić information content (AvgIpc) is 3.24. The van der Waals surface area contributed by atoms with Gasteiger partial charge in [0.05, 0.1) is 17.6 Å². The predicted octanol–water partition coefficient (Wildman–Crippen LogP) is 6.96. The smallest absolute Gasteiger partial charge is 0.251 e. The first-order chi connectivity index (χ1) is 18.0. The summed E-state index contributed by atoms with van der Waals surface area (Å²) in [7, 11) is 0. The number of para-hydroxylation sites is 3. The van der Waals surface area contributed by atoms with Crippen LogP contribution in [0.5, 0.6) is 5.75 Å². The Balaban J connectivity index is 1.24. The van der Waals surface area contributed by atoms with Gasteiger partial charge in [-0.3, -0.25) is 4.79 Å². The number of imidazole rings is 1. The van der Waals surface area contributed by atoms with Crippen LogP contribution in [-0.4, -0.2) is 28.6 Å². The SMILES string of the molecule is Cc1ccccc1C(=O)NCCCCCc1nc2ccccc2n1CCCCOc1c(C)cccc1C. The molecule has 0 bridgehead atoms. The average molecular weight is 498 g/mol. The summed E-state index contributed by atoms with van der Waals surface area (Å²) in [4.78, 5) is 17.3. The standard InChI is InChI=1S/C32H39N3O2/c1-24-14-6-7-17-27(24)32(36)33-21-10-4-5-20-30-34-28-18-8-9-19-29(28)35(30)22-11-12-23-37-31-25(2)15-13-16-26(31)3/h6-9,13-19H,4-5,10-12,20-23H2,1-3H3,(H,33,36). The van der Waals surface area contributed by atoms with E-state index >= 15 is 0 Å². The normalized spacial score (nSPS) is 11.1. The number of aromatic nitrogens is 2. The highest BCUT2D eigenvalue weighted by atomic mass is 16.5. The van der Waals surface area contributed by atoms with Crippen LogP contribution >= 0.6 is 0 Å². The van der Waals surface area contributed by atoms with Crippen molar-refractivity contribution in [2.24, 2.45) is 0 Å². The number of rotatable bonds is 13. The molecule has 0 saturated carbocycles. The van der Waals surface area contributed by atoms with Gasteiger partial charge in [0.1, 0.15) is 11.6 Å². The molecule has 5 nitrogen and oxygen atoms in total. The molecule has 5 heteroatoms. The molecule has 0 saturated heterocycles. The number of nitrogens with one attached hydrogen (secondary N) is 1. The highest BCUT2D eigenvalue weighted by Crippen LogP contribution is 2.23. The Morgan fingerprint density at radius 2 is 1.54 bits per heavy atom. The Morgan fingerprint density at radius 3 is 2.35 bits per heavy atom. The fraction of sp³-hybridized carbons (Fsp3) is 0.375. The Labute approximate surface area is 220 Å². The molecule has 194 valence electrons. The van der Waals surface area contributed by atoms with Gasteiger partial charge in [-0.15, -0.1) is 0 Å². The molecule has 0 atom stereocenters. The number of carbonyl (C=O) groups excluding carboxylic acids is 1. The van der Waals surface area contributed by atoms with E-state index in [2.05, 4.69) is 66.2 Å². The molecule has 1 aromatic heterocycles. The van der Waals surface area contributed by atoms with E-state index in [1.807, 2.05) is 31.2 Å². The molecule has 0 unspecified atom stereocenters. The van der Waals surface area contributed by atoms with Gasteiger partial charge in [-0.1, -0.05) is 55.0 Å². The largest absolute Gasteiger partial charge is 0.493 e. The number of hydrogen-bond acceptors (Lipinski definition) is 3. The lowest BCUT2D eigenvalue weighted by atomic mass is 10.1. The summed E-state index contributed by atoms with van der Waals surface area (Å²) in [6.07, 6.45) is 6.07. The first-order valence-corrected chi connectivity index (χ1v) is 13.5. The van der Waals surface area contributed by atoms with E-state index in [-0.39, 0.29) is 5.91 Å². The molecule has 1 amide bonds. The van der Waals surface area contributed by atoms with E-state index in [9.17, 15) is 4.79 Å². The molecule has 4 rings (SSSR count). The predicted molar refractivity (Wildman–Crippen MR) is 151 cm³/mol. The van der Waals surface area contributed by atoms with Crippen LogP contribution in [-0.2, 0) is 13.0 Å². The number of benzene rings is 3. The maximum atomic E-state index is 12.4. The third-order valence-corrected chi connectivity index (χ3v) is 6.92. The summed E-state index contributed by atoms with van der Waals surface area (Å²) in [6, 6.07) is 22.4. The maximum Gasteiger partial charge on any atom is 0.251 e. The minimum Gasteiger partial charge on any atom is -0.493 e. The van der Waals surface area contributed by atoms with Crippen LogP contribution in [0.25, 0.3) is 11.0 Å². The number of carbonyl (C=O) groups is 1. The van der Waals surface area contributed by atoms with Crippen LogP contribution in [0, 0.1) is 20.8 Å². The van der Waals surface area contributed by atoms with E-state index in [0.717, 1.165) is 79.9 Å². The summed E-state index contributed by atoms with van der Waals surface area (Å²) in [5.41, 5.74) is 6.43. The highest BCUT2D eigenvalue weighted by Gasteiger charge is 2.11. The third-order valence-electron chi connectivity index (χ3n) is 6.92. The lowest BCUT2D eigenvalue weighted by Crippen LogP contribution is -2.25. The minimum atomic E-state index is 0.0152. The maximum absolute atomic E-state index is 12.4. The van der Waals surface area contributed by atoms with Gasteiger partial charge in [0.2, 0.25) is 0 Å². The zero-order valence-electron chi connectivity index (χ0n) is 22.4. The van der Waals surface area contributed by atoms with Gasteiger partial charge in [0.15, 0.2) is 0 Å².